The smallest absolute Gasteiger partial charge is 0.321 e. The monoisotopic (exact) mass is 213 g/mol. The molecule has 0 aromatic rings. The predicted molar refractivity (Wildman–Crippen MR) is 57.4 cm³/mol. The molecule has 1 aliphatic rings. The van der Waals surface area contributed by atoms with Crippen molar-refractivity contribution < 1.29 is 9.59 Å². The first kappa shape index (κ1) is 12.0. The molecule has 5 nitrogen and oxygen atoms in total. The average Bonchev–Trinajstić information content (AvgIpc) is 2.99. The van der Waals surface area contributed by atoms with Crippen LogP contribution in [-0.2, 0) is 4.79 Å². The van der Waals surface area contributed by atoms with Crippen LogP contribution in [0.4, 0.5) is 4.79 Å². The van der Waals surface area contributed by atoms with Crippen molar-refractivity contribution in [2.24, 2.45) is 5.92 Å². The Bertz CT molecular complexity index is 251. The predicted octanol–water partition coefficient (Wildman–Crippen LogP) is 0.172. The fraction of sp³-hybridized carbons (Fsp3) is 0.800. The van der Waals surface area contributed by atoms with Crippen molar-refractivity contribution in [1.29, 1.82) is 0 Å². The molecule has 5 heteroatoms. The van der Waals surface area contributed by atoms with E-state index in [1.807, 2.05) is 11.9 Å². The molecule has 3 amide bonds. The van der Waals surface area contributed by atoms with Crippen molar-refractivity contribution in [2.75, 3.05) is 20.6 Å². The molecule has 1 fully saturated rings. The second kappa shape index (κ2) is 5.11. The maximum Gasteiger partial charge on any atom is 0.321 e. The van der Waals surface area contributed by atoms with Crippen molar-refractivity contribution in [3.8, 4) is 0 Å². The number of imide groups is 1. The van der Waals surface area contributed by atoms with E-state index in [-0.39, 0.29) is 12.5 Å². The molecular weight excluding hydrogens is 194 g/mol. The van der Waals surface area contributed by atoms with Crippen molar-refractivity contribution in [1.82, 2.24) is 15.5 Å². The zero-order valence-corrected chi connectivity index (χ0v) is 9.54. The van der Waals surface area contributed by atoms with Crippen LogP contribution in [0.15, 0.2) is 0 Å². The van der Waals surface area contributed by atoms with Gasteiger partial charge in [-0.15, -0.1) is 0 Å². The molecule has 1 rings (SSSR count). The number of likely N-dealkylation sites (N-methyl/N-ethyl adjacent to an activating group) is 1. The largest absolute Gasteiger partial charge is 0.341 e. The second-order valence-corrected chi connectivity index (χ2v) is 4.12. The van der Waals surface area contributed by atoms with Gasteiger partial charge in [0.2, 0.25) is 5.91 Å². The van der Waals surface area contributed by atoms with Crippen molar-refractivity contribution >= 4 is 11.9 Å². The molecule has 0 bridgehead atoms. The summed E-state index contributed by atoms with van der Waals surface area (Å²) >= 11 is 0. The quantitative estimate of drug-likeness (QED) is 0.700. The van der Waals surface area contributed by atoms with Crippen LogP contribution in [0.1, 0.15) is 19.8 Å². The topological polar surface area (TPSA) is 61.4 Å². The number of carbonyl (C=O) groups is 2. The van der Waals surface area contributed by atoms with Crippen LogP contribution in [0, 0.1) is 5.92 Å². The first-order valence-electron chi connectivity index (χ1n) is 5.26. The van der Waals surface area contributed by atoms with E-state index in [9.17, 15) is 9.59 Å². The third-order valence-electron chi connectivity index (χ3n) is 2.87. The minimum atomic E-state index is -0.451. The first-order valence-corrected chi connectivity index (χ1v) is 5.26. The molecule has 2 N–H and O–H groups in total. The highest BCUT2D eigenvalue weighted by atomic mass is 16.2. The molecule has 0 unspecified atom stereocenters. The molecular formula is C10H19N3O2. The van der Waals surface area contributed by atoms with Gasteiger partial charge in [-0.2, -0.15) is 0 Å². The van der Waals surface area contributed by atoms with Crippen molar-refractivity contribution in [3.63, 3.8) is 0 Å². The molecule has 0 heterocycles. The first-order chi connectivity index (χ1) is 7.04. The molecule has 1 aliphatic carbocycles. The van der Waals surface area contributed by atoms with Gasteiger partial charge in [-0.1, -0.05) is 0 Å². The number of urea groups is 1. The number of nitrogens with one attached hydrogen (secondary N) is 2. The SMILES string of the molecule is CNC(=O)NC(=O)CN(C)[C@@H](C)C1CC1. The van der Waals surface area contributed by atoms with Crippen molar-refractivity contribution in [3.05, 3.63) is 0 Å². The summed E-state index contributed by atoms with van der Waals surface area (Å²) in [7, 11) is 3.39. The van der Waals surface area contributed by atoms with Gasteiger partial charge in [0, 0.05) is 13.1 Å². The van der Waals surface area contributed by atoms with Crippen molar-refractivity contribution in [2.45, 2.75) is 25.8 Å². The minimum absolute atomic E-state index is 0.260. The number of nitrogens with zero attached hydrogens (tertiary/aromatic N) is 1. The summed E-state index contributed by atoms with van der Waals surface area (Å²) < 4.78 is 0. The Balaban J connectivity index is 2.26. The molecule has 0 saturated heterocycles. The number of amides is 3. The van der Waals surface area contributed by atoms with Crippen LogP contribution < -0.4 is 10.6 Å². The molecule has 0 aromatic heterocycles. The van der Waals surface area contributed by atoms with E-state index >= 15 is 0 Å². The lowest BCUT2D eigenvalue weighted by Crippen LogP contribution is -2.44. The zero-order chi connectivity index (χ0) is 11.4. The van der Waals surface area contributed by atoms with Crippen LogP contribution in [0.25, 0.3) is 0 Å². The maximum absolute atomic E-state index is 11.4. The Kier molecular flexibility index (Phi) is 4.08. The van der Waals surface area contributed by atoms with Gasteiger partial charge in [0.05, 0.1) is 6.54 Å². The van der Waals surface area contributed by atoms with E-state index in [2.05, 4.69) is 17.6 Å². The van der Waals surface area contributed by atoms with Gasteiger partial charge in [-0.25, -0.2) is 4.79 Å². The summed E-state index contributed by atoms with van der Waals surface area (Å²) in [4.78, 5) is 24.2. The Labute approximate surface area is 90.2 Å². The molecule has 15 heavy (non-hydrogen) atoms. The van der Waals surface area contributed by atoms with Gasteiger partial charge < -0.3 is 5.32 Å². The van der Waals surface area contributed by atoms with E-state index < -0.39 is 6.03 Å². The zero-order valence-electron chi connectivity index (χ0n) is 9.54. The second-order valence-electron chi connectivity index (χ2n) is 4.12. The van der Waals surface area contributed by atoms with Crippen LogP contribution in [0.5, 0.6) is 0 Å². The highest BCUT2D eigenvalue weighted by Gasteiger charge is 2.31. The standard InChI is InChI=1S/C10H19N3O2/c1-7(8-4-5-8)13(3)6-9(14)12-10(15)11-2/h7-8H,4-6H2,1-3H3,(H2,11,12,14,15)/t7-/m0/s1. The summed E-state index contributed by atoms with van der Waals surface area (Å²) in [5, 5.41) is 4.59. The van der Waals surface area contributed by atoms with Crippen LogP contribution >= 0.6 is 0 Å². The normalized spacial score (nSPS) is 17.3. The van der Waals surface area contributed by atoms with E-state index in [4.69, 9.17) is 0 Å². The van der Waals surface area contributed by atoms with E-state index in [0.29, 0.717) is 6.04 Å². The van der Waals surface area contributed by atoms with Gasteiger partial charge in [0.25, 0.3) is 0 Å². The third kappa shape index (κ3) is 3.87. The van der Waals surface area contributed by atoms with Crippen LogP contribution in [-0.4, -0.2) is 43.5 Å². The maximum atomic E-state index is 11.4. The minimum Gasteiger partial charge on any atom is -0.341 e. The number of hydrogen-bond donors (Lipinski definition) is 2. The summed E-state index contributed by atoms with van der Waals surface area (Å²) in [5.41, 5.74) is 0. The van der Waals surface area contributed by atoms with Gasteiger partial charge >= 0.3 is 6.03 Å². The van der Waals surface area contributed by atoms with E-state index in [1.165, 1.54) is 19.9 Å². The average molecular weight is 213 g/mol. The fourth-order valence-electron chi connectivity index (χ4n) is 1.54. The van der Waals surface area contributed by atoms with E-state index in [0.717, 1.165) is 5.92 Å². The Morgan fingerprint density at radius 1 is 1.47 bits per heavy atom. The molecule has 0 aliphatic heterocycles. The summed E-state index contributed by atoms with van der Waals surface area (Å²) in [5.74, 6) is 0.465. The lowest BCUT2D eigenvalue weighted by atomic mass is 10.2. The fourth-order valence-corrected chi connectivity index (χ4v) is 1.54. The number of hydrogen-bond acceptors (Lipinski definition) is 3. The highest BCUT2D eigenvalue weighted by Crippen LogP contribution is 2.34. The lowest BCUT2D eigenvalue weighted by molar-refractivity contribution is -0.121. The molecule has 86 valence electrons. The summed E-state index contributed by atoms with van der Waals surface area (Å²) in [6.45, 7) is 2.38. The molecule has 1 atom stereocenters. The lowest BCUT2D eigenvalue weighted by Gasteiger charge is -2.23. The number of carbonyl (C=O) groups excluding carboxylic acids is 2. The molecule has 1 saturated carbocycles. The van der Waals surface area contributed by atoms with Gasteiger partial charge in [-0.05, 0) is 32.7 Å². The molecule has 0 radical (unpaired) electrons. The van der Waals surface area contributed by atoms with Crippen LogP contribution in [0.2, 0.25) is 0 Å². The van der Waals surface area contributed by atoms with Gasteiger partial charge in [0.15, 0.2) is 0 Å². The molecule has 0 spiro atoms. The molecule has 0 aromatic carbocycles. The number of rotatable bonds is 4. The van der Waals surface area contributed by atoms with Gasteiger partial charge in [-0.3, -0.25) is 15.0 Å². The van der Waals surface area contributed by atoms with Gasteiger partial charge in [0.1, 0.15) is 0 Å². The Morgan fingerprint density at radius 3 is 2.53 bits per heavy atom. The Morgan fingerprint density at radius 2 is 2.07 bits per heavy atom. The Hall–Kier alpha value is -1.10. The third-order valence-corrected chi connectivity index (χ3v) is 2.87. The van der Waals surface area contributed by atoms with Crippen LogP contribution in [0.3, 0.4) is 0 Å². The summed E-state index contributed by atoms with van der Waals surface area (Å²) in [6.07, 6.45) is 2.51. The highest BCUT2D eigenvalue weighted by molar-refractivity contribution is 5.95. The van der Waals surface area contributed by atoms with E-state index in [1.54, 1.807) is 0 Å². The summed E-state index contributed by atoms with van der Waals surface area (Å²) in [6, 6.07) is -0.0343.